The van der Waals surface area contributed by atoms with Crippen molar-refractivity contribution in [2.75, 3.05) is 19.3 Å². The van der Waals surface area contributed by atoms with E-state index in [-0.39, 0.29) is 17.2 Å². The van der Waals surface area contributed by atoms with E-state index in [1.54, 1.807) is 0 Å². The van der Waals surface area contributed by atoms with Crippen molar-refractivity contribution in [2.24, 2.45) is 0 Å². The fraction of sp³-hybridized carbons (Fsp3) is 0.818. The lowest BCUT2D eigenvalue weighted by Crippen LogP contribution is -2.40. The molecule has 0 unspecified atom stereocenters. The second-order valence-electron chi connectivity index (χ2n) is 4.35. The molecule has 1 aliphatic rings. The molecule has 0 aromatic carbocycles. The van der Waals surface area contributed by atoms with Gasteiger partial charge in [0.15, 0.2) is 0 Å². The van der Waals surface area contributed by atoms with Gasteiger partial charge in [-0.15, -0.1) is 0 Å². The highest BCUT2D eigenvalue weighted by atomic mass is 32.2. The van der Waals surface area contributed by atoms with Crippen molar-refractivity contribution in [3.8, 4) is 0 Å². The van der Waals surface area contributed by atoms with Crippen LogP contribution in [0.5, 0.6) is 0 Å². The minimum absolute atomic E-state index is 0.152. The van der Waals surface area contributed by atoms with Gasteiger partial charge in [-0.2, -0.15) is 11.8 Å². The Balaban J connectivity index is 1.96. The molecule has 0 aliphatic heterocycles. The molecule has 98 valence electrons. The molecule has 0 radical (unpaired) electrons. The lowest BCUT2D eigenvalue weighted by Gasteiger charge is -2.13. The van der Waals surface area contributed by atoms with Gasteiger partial charge in [0.2, 0.25) is 0 Å². The number of carbonyl (C=O) groups is 2. The summed E-state index contributed by atoms with van der Waals surface area (Å²) in [7, 11) is 0. The average Bonchev–Trinajstić information content (AvgIpc) is 3.06. The average molecular weight is 260 g/mol. The molecule has 17 heavy (non-hydrogen) atoms. The van der Waals surface area contributed by atoms with Crippen molar-refractivity contribution < 1.29 is 14.7 Å². The van der Waals surface area contributed by atoms with Crippen molar-refractivity contribution in [1.82, 2.24) is 10.6 Å². The number of urea groups is 1. The molecule has 1 aliphatic carbocycles. The summed E-state index contributed by atoms with van der Waals surface area (Å²) in [4.78, 5) is 21.6. The number of thioether (sulfide) groups is 1. The fourth-order valence-corrected chi connectivity index (χ4v) is 2.23. The molecule has 0 saturated heterocycles. The Morgan fingerprint density at radius 2 is 2.00 bits per heavy atom. The largest absolute Gasteiger partial charge is 0.481 e. The zero-order chi connectivity index (χ0) is 12.7. The molecule has 0 bridgehead atoms. The zero-order valence-corrected chi connectivity index (χ0v) is 10.9. The molecule has 0 aromatic rings. The summed E-state index contributed by atoms with van der Waals surface area (Å²) in [5.74, 6) is -0.787. The standard InChI is InChI=1S/C11H20N2O3S/c1-17-11(5-6-11)8-13-10(16)12-7-3-2-4-9(14)15/h2-8H2,1H3,(H,14,15)(H2,12,13,16). The summed E-state index contributed by atoms with van der Waals surface area (Å²) in [6.45, 7) is 1.25. The number of amides is 2. The maximum Gasteiger partial charge on any atom is 0.314 e. The van der Waals surface area contributed by atoms with Crippen LogP contribution in [-0.4, -0.2) is 41.2 Å². The van der Waals surface area contributed by atoms with Crippen LogP contribution >= 0.6 is 11.8 Å². The van der Waals surface area contributed by atoms with Crippen molar-refractivity contribution in [3.05, 3.63) is 0 Å². The number of rotatable bonds is 8. The van der Waals surface area contributed by atoms with Gasteiger partial charge in [0.1, 0.15) is 0 Å². The summed E-state index contributed by atoms with van der Waals surface area (Å²) in [5.41, 5.74) is 0. The molecule has 0 aromatic heterocycles. The number of nitrogens with one attached hydrogen (secondary N) is 2. The number of carbonyl (C=O) groups excluding carboxylic acids is 1. The Bertz CT molecular complexity index is 280. The maximum absolute atomic E-state index is 11.4. The smallest absolute Gasteiger partial charge is 0.314 e. The summed E-state index contributed by atoms with van der Waals surface area (Å²) in [6, 6.07) is -0.152. The normalized spacial score (nSPS) is 16.3. The van der Waals surface area contributed by atoms with E-state index in [4.69, 9.17) is 5.11 Å². The first-order valence-corrected chi connectivity index (χ1v) is 7.09. The van der Waals surface area contributed by atoms with Gasteiger partial charge in [0.05, 0.1) is 0 Å². The monoisotopic (exact) mass is 260 g/mol. The van der Waals surface area contributed by atoms with Gasteiger partial charge < -0.3 is 15.7 Å². The van der Waals surface area contributed by atoms with E-state index >= 15 is 0 Å². The summed E-state index contributed by atoms with van der Waals surface area (Å²) in [5, 5.41) is 14.0. The minimum atomic E-state index is -0.787. The third-order valence-corrected chi connectivity index (χ3v) is 4.33. The van der Waals surface area contributed by atoms with Gasteiger partial charge in [-0.25, -0.2) is 4.79 Å². The SMILES string of the molecule is CSC1(CNC(=O)NCCCCC(=O)O)CC1. The Kier molecular flexibility index (Phi) is 5.61. The lowest BCUT2D eigenvalue weighted by atomic mass is 10.2. The molecule has 5 nitrogen and oxygen atoms in total. The Hall–Kier alpha value is -0.910. The van der Waals surface area contributed by atoms with Gasteiger partial charge >= 0.3 is 12.0 Å². The van der Waals surface area contributed by atoms with Gasteiger partial charge in [-0.3, -0.25) is 4.79 Å². The van der Waals surface area contributed by atoms with Crippen molar-refractivity contribution in [1.29, 1.82) is 0 Å². The number of carboxylic acid groups (broad SMARTS) is 1. The van der Waals surface area contributed by atoms with E-state index in [2.05, 4.69) is 16.9 Å². The quantitative estimate of drug-likeness (QED) is 0.577. The molecule has 1 fully saturated rings. The first-order valence-electron chi connectivity index (χ1n) is 5.87. The van der Waals surface area contributed by atoms with Crippen LogP contribution in [-0.2, 0) is 4.79 Å². The first-order chi connectivity index (χ1) is 8.08. The van der Waals surface area contributed by atoms with Gasteiger partial charge in [-0.1, -0.05) is 0 Å². The molecule has 2 amide bonds. The van der Waals surface area contributed by atoms with Crippen molar-refractivity contribution in [3.63, 3.8) is 0 Å². The number of aliphatic carboxylic acids is 1. The molecule has 0 spiro atoms. The Morgan fingerprint density at radius 3 is 2.53 bits per heavy atom. The maximum atomic E-state index is 11.4. The molecule has 1 rings (SSSR count). The Labute approximate surface area is 106 Å². The fourth-order valence-electron chi connectivity index (χ4n) is 1.50. The van der Waals surface area contributed by atoms with E-state index < -0.39 is 5.97 Å². The highest BCUT2D eigenvalue weighted by Gasteiger charge is 2.41. The molecule has 6 heteroatoms. The van der Waals surface area contributed by atoms with Gasteiger partial charge in [-0.05, 0) is 31.9 Å². The molecule has 0 heterocycles. The predicted octanol–water partition coefficient (Wildman–Crippen LogP) is 1.44. The summed E-state index contributed by atoms with van der Waals surface area (Å²) >= 11 is 1.81. The lowest BCUT2D eigenvalue weighted by molar-refractivity contribution is -0.137. The summed E-state index contributed by atoms with van der Waals surface area (Å²) < 4.78 is 0.278. The van der Waals surface area contributed by atoms with Gasteiger partial charge in [0, 0.05) is 24.3 Å². The van der Waals surface area contributed by atoms with Crippen LogP contribution in [0.2, 0.25) is 0 Å². The van der Waals surface area contributed by atoms with Crippen LogP contribution in [0.1, 0.15) is 32.1 Å². The third-order valence-electron chi connectivity index (χ3n) is 2.91. The van der Waals surface area contributed by atoms with Crippen LogP contribution < -0.4 is 10.6 Å². The third kappa shape index (κ3) is 5.81. The molecular weight excluding hydrogens is 240 g/mol. The first kappa shape index (κ1) is 14.2. The number of carboxylic acids is 1. The topological polar surface area (TPSA) is 78.4 Å². The van der Waals surface area contributed by atoms with E-state index in [0.717, 1.165) is 6.54 Å². The minimum Gasteiger partial charge on any atom is -0.481 e. The van der Waals surface area contributed by atoms with Crippen LogP contribution in [0.15, 0.2) is 0 Å². The highest BCUT2D eigenvalue weighted by molar-refractivity contribution is 8.00. The Morgan fingerprint density at radius 1 is 1.29 bits per heavy atom. The second-order valence-corrected chi connectivity index (χ2v) is 5.62. The van der Waals surface area contributed by atoms with Crippen LogP contribution in [0.25, 0.3) is 0 Å². The van der Waals surface area contributed by atoms with Crippen LogP contribution in [0.3, 0.4) is 0 Å². The number of unbranched alkanes of at least 4 members (excludes halogenated alkanes) is 1. The molecule has 3 N–H and O–H groups in total. The van der Waals surface area contributed by atoms with Crippen LogP contribution in [0, 0.1) is 0 Å². The molecule has 0 atom stereocenters. The molecule has 1 saturated carbocycles. The zero-order valence-electron chi connectivity index (χ0n) is 10.1. The predicted molar refractivity (Wildman–Crippen MR) is 68.4 cm³/mol. The second kappa shape index (κ2) is 6.74. The van der Waals surface area contributed by atoms with Crippen LogP contribution in [0.4, 0.5) is 4.79 Å². The highest BCUT2D eigenvalue weighted by Crippen LogP contribution is 2.46. The van der Waals surface area contributed by atoms with E-state index in [9.17, 15) is 9.59 Å². The summed E-state index contributed by atoms with van der Waals surface area (Å²) in [6.07, 6.45) is 5.88. The molecular formula is C11H20N2O3S. The van der Waals surface area contributed by atoms with Crippen molar-refractivity contribution in [2.45, 2.75) is 36.9 Å². The van der Waals surface area contributed by atoms with Crippen molar-refractivity contribution >= 4 is 23.8 Å². The van der Waals surface area contributed by atoms with E-state index in [0.29, 0.717) is 19.4 Å². The number of hydrogen-bond acceptors (Lipinski definition) is 3. The van der Waals surface area contributed by atoms with E-state index in [1.807, 2.05) is 11.8 Å². The van der Waals surface area contributed by atoms with Gasteiger partial charge in [0.25, 0.3) is 0 Å². The number of hydrogen-bond donors (Lipinski definition) is 3. The van der Waals surface area contributed by atoms with E-state index in [1.165, 1.54) is 12.8 Å².